The van der Waals surface area contributed by atoms with Crippen LogP contribution in [0.1, 0.15) is 35.7 Å². The number of benzene rings is 2. The molecule has 2 aromatic carbocycles. The molecule has 0 aromatic heterocycles. The van der Waals surface area contributed by atoms with E-state index in [0.717, 1.165) is 37.3 Å². The van der Waals surface area contributed by atoms with E-state index >= 15 is 0 Å². The number of cyclic esters (lactones) is 1. The molecule has 4 rings (SSSR count). The predicted octanol–water partition coefficient (Wildman–Crippen LogP) is 2.51. The Bertz CT molecular complexity index is 1110. The molecule has 2 fully saturated rings. The van der Waals surface area contributed by atoms with Crippen molar-refractivity contribution in [3.8, 4) is 0 Å². The minimum absolute atomic E-state index is 0.0443. The van der Waals surface area contributed by atoms with Crippen LogP contribution in [0.4, 0.5) is 16.2 Å². The number of piperidine rings is 1. The number of hydrogen-bond acceptors (Lipinski definition) is 7. The first kappa shape index (κ1) is 25.0. The monoisotopic (exact) mass is 493 g/mol. The molecule has 0 saturated carbocycles. The molecule has 2 aromatic rings. The van der Waals surface area contributed by atoms with Gasteiger partial charge in [-0.25, -0.2) is 4.79 Å². The second kappa shape index (κ2) is 11.1. The smallest absolute Gasteiger partial charge is 0.414 e. The van der Waals surface area contributed by atoms with Gasteiger partial charge < -0.3 is 25.4 Å². The van der Waals surface area contributed by atoms with Gasteiger partial charge in [-0.3, -0.25) is 19.9 Å². The molecule has 0 unspecified atom stereocenters. The van der Waals surface area contributed by atoms with Crippen LogP contribution in [0, 0.1) is 11.3 Å². The van der Waals surface area contributed by atoms with Gasteiger partial charge in [0.2, 0.25) is 0 Å². The first-order valence-electron chi connectivity index (χ1n) is 12.1. The van der Waals surface area contributed by atoms with Crippen LogP contribution in [-0.2, 0) is 14.3 Å². The maximum atomic E-state index is 12.4. The second-order valence-electron chi connectivity index (χ2n) is 8.85. The first-order chi connectivity index (χ1) is 17.4. The van der Waals surface area contributed by atoms with Crippen LogP contribution >= 0.6 is 0 Å². The highest BCUT2D eigenvalue weighted by atomic mass is 16.6. The van der Waals surface area contributed by atoms with Crippen molar-refractivity contribution < 1.29 is 23.9 Å². The third-order valence-corrected chi connectivity index (χ3v) is 6.46. The quantitative estimate of drug-likeness (QED) is 0.292. The Morgan fingerprint density at radius 2 is 1.67 bits per heavy atom. The first-order valence-corrected chi connectivity index (χ1v) is 12.1. The molecular weight excluding hydrogens is 462 g/mol. The number of nitrogens with one attached hydrogen (secondary N) is 2. The molecule has 2 heterocycles. The molecule has 0 aliphatic carbocycles. The lowest BCUT2D eigenvalue weighted by atomic mass is 9.96. The second-order valence-corrected chi connectivity index (χ2v) is 8.85. The van der Waals surface area contributed by atoms with Gasteiger partial charge >= 0.3 is 12.1 Å². The van der Waals surface area contributed by atoms with E-state index in [4.69, 9.17) is 20.6 Å². The van der Waals surface area contributed by atoms with E-state index in [-0.39, 0.29) is 30.2 Å². The Kier molecular flexibility index (Phi) is 7.72. The largest absolute Gasteiger partial charge is 0.466 e. The Hall–Kier alpha value is -4.08. The molecule has 4 N–H and O–H groups in total. The number of esters is 1. The SMILES string of the molecule is CCOC(=O)C1CCN(c2ccc(N3C[C@H](CNC(=O)c4ccc(C(=N)N)cc4)OC3=O)cc2)CC1. The van der Waals surface area contributed by atoms with Crippen LogP contribution in [0.3, 0.4) is 0 Å². The van der Waals surface area contributed by atoms with E-state index in [1.54, 1.807) is 29.2 Å². The van der Waals surface area contributed by atoms with Crippen molar-refractivity contribution in [3.63, 3.8) is 0 Å². The van der Waals surface area contributed by atoms with E-state index in [1.165, 1.54) is 0 Å². The van der Waals surface area contributed by atoms with Gasteiger partial charge in [0.1, 0.15) is 11.9 Å². The number of amidine groups is 1. The van der Waals surface area contributed by atoms with Crippen molar-refractivity contribution in [2.45, 2.75) is 25.9 Å². The average molecular weight is 494 g/mol. The molecule has 10 nitrogen and oxygen atoms in total. The molecule has 0 spiro atoms. The predicted molar refractivity (Wildman–Crippen MR) is 135 cm³/mol. The van der Waals surface area contributed by atoms with Crippen molar-refractivity contribution in [1.29, 1.82) is 5.41 Å². The zero-order chi connectivity index (χ0) is 25.7. The van der Waals surface area contributed by atoms with Crippen LogP contribution in [0.2, 0.25) is 0 Å². The summed E-state index contributed by atoms with van der Waals surface area (Å²) in [5.74, 6) is -0.518. The third kappa shape index (κ3) is 5.76. The summed E-state index contributed by atoms with van der Waals surface area (Å²) < 4.78 is 10.6. The number of nitrogen functional groups attached to an aromatic ring is 1. The van der Waals surface area contributed by atoms with E-state index in [1.807, 2.05) is 31.2 Å². The fraction of sp³-hybridized carbons (Fsp3) is 0.385. The highest BCUT2D eigenvalue weighted by molar-refractivity contribution is 5.98. The lowest BCUT2D eigenvalue weighted by molar-refractivity contribution is -0.148. The average Bonchev–Trinajstić information content (AvgIpc) is 3.28. The number of anilines is 2. The molecular formula is C26H31N5O5. The molecule has 0 bridgehead atoms. The van der Waals surface area contributed by atoms with Crippen LogP contribution in [0.25, 0.3) is 0 Å². The number of rotatable bonds is 8. The summed E-state index contributed by atoms with van der Waals surface area (Å²) in [6.45, 7) is 4.28. The van der Waals surface area contributed by atoms with E-state index in [9.17, 15) is 14.4 Å². The van der Waals surface area contributed by atoms with Crippen molar-refractivity contribution in [1.82, 2.24) is 5.32 Å². The highest BCUT2D eigenvalue weighted by Gasteiger charge is 2.33. The summed E-state index contributed by atoms with van der Waals surface area (Å²) in [7, 11) is 0. The molecule has 190 valence electrons. The van der Waals surface area contributed by atoms with E-state index < -0.39 is 12.2 Å². The lowest BCUT2D eigenvalue weighted by Crippen LogP contribution is -2.37. The fourth-order valence-corrected chi connectivity index (χ4v) is 4.43. The van der Waals surface area contributed by atoms with Crippen molar-refractivity contribution in [2.75, 3.05) is 42.6 Å². The van der Waals surface area contributed by atoms with Gasteiger partial charge in [0.05, 0.1) is 25.6 Å². The maximum Gasteiger partial charge on any atom is 0.414 e. The Morgan fingerprint density at radius 3 is 2.28 bits per heavy atom. The number of nitrogens with zero attached hydrogens (tertiary/aromatic N) is 2. The van der Waals surface area contributed by atoms with Crippen LogP contribution < -0.4 is 20.9 Å². The Balaban J connectivity index is 1.28. The topological polar surface area (TPSA) is 138 Å². The summed E-state index contributed by atoms with van der Waals surface area (Å²) in [4.78, 5) is 40.6. The molecule has 1 atom stereocenters. The number of carbonyl (C=O) groups is 3. The normalized spacial score (nSPS) is 18.0. The van der Waals surface area contributed by atoms with E-state index in [0.29, 0.717) is 24.3 Å². The van der Waals surface area contributed by atoms with Crippen molar-refractivity contribution in [2.24, 2.45) is 11.7 Å². The number of nitrogens with two attached hydrogens (primary N) is 1. The van der Waals surface area contributed by atoms with Gasteiger partial charge in [0.15, 0.2) is 0 Å². The van der Waals surface area contributed by atoms with Gasteiger partial charge in [-0.05, 0) is 56.2 Å². The summed E-state index contributed by atoms with van der Waals surface area (Å²) in [5.41, 5.74) is 8.17. The zero-order valence-corrected chi connectivity index (χ0v) is 20.2. The van der Waals surface area contributed by atoms with Crippen LogP contribution in [0.5, 0.6) is 0 Å². The summed E-state index contributed by atoms with van der Waals surface area (Å²) >= 11 is 0. The van der Waals surface area contributed by atoms with Crippen molar-refractivity contribution in [3.05, 3.63) is 59.7 Å². The van der Waals surface area contributed by atoms with E-state index in [2.05, 4.69) is 10.2 Å². The maximum absolute atomic E-state index is 12.4. The summed E-state index contributed by atoms with van der Waals surface area (Å²) in [6.07, 6.45) is 0.586. The number of amides is 2. The molecule has 36 heavy (non-hydrogen) atoms. The molecule has 2 aliphatic rings. The molecule has 2 saturated heterocycles. The van der Waals surface area contributed by atoms with Crippen LogP contribution in [-0.4, -0.2) is 62.7 Å². The highest BCUT2D eigenvalue weighted by Crippen LogP contribution is 2.28. The number of carbonyl (C=O) groups excluding carboxylic acids is 3. The Morgan fingerprint density at radius 1 is 1.06 bits per heavy atom. The zero-order valence-electron chi connectivity index (χ0n) is 20.2. The van der Waals surface area contributed by atoms with Crippen molar-refractivity contribution >= 4 is 35.2 Å². The minimum Gasteiger partial charge on any atom is -0.466 e. The molecule has 2 aliphatic heterocycles. The number of ether oxygens (including phenoxy) is 2. The Labute approximate surface area is 209 Å². The molecule has 2 amide bonds. The van der Waals surface area contributed by atoms with Gasteiger partial charge in [-0.15, -0.1) is 0 Å². The van der Waals surface area contributed by atoms with Gasteiger partial charge in [-0.1, -0.05) is 12.1 Å². The van der Waals surface area contributed by atoms with Gasteiger partial charge in [0, 0.05) is 35.6 Å². The van der Waals surface area contributed by atoms with Gasteiger partial charge in [-0.2, -0.15) is 0 Å². The summed E-state index contributed by atoms with van der Waals surface area (Å²) in [5, 5.41) is 10.2. The molecule has 0 radical (unpaired) electrons. The lowest BCUT2D eigenvalue weighted by Gasteiger charge is -2.32. The minimum atomic E-state index is -0.473. The standard InChI is InChI=1S/C26H31N5O5/c1-2-35-25(33)19-11-13-30(14-12-19)20-7-9-21(10-8-20)31-16-22(36-26(31)34)15-29-24(32)18-5-3-17(4-6-18)23(27)28/h3-10,19,22H,2,11-16H2,1H3,(H3,27,28)(H,29,32)/t22-/m0/s1. The van der Waals surface area contributed by atoms with Gasteiger partial charge in [0.25, 0.3) is 5.91 Å². The third-order valence-electron chi connectivity index (χ3n) is 6.46. The molecule has 10 heteroatoms. The van der Waals surface area contributed by atoms with Crippen LogP contribution in [0.15, 0.2) is 48.5 Å². The summed E-state index contributed by atoms with van der Waals surface area (Å²) in [6, 6.07) is 14.1. The number of hydrogen-bond donors (Lipinski definition) is 3. The fourth-order valence-electron chi connectivity index (χ4n) is 4.43.